The van der Waals surface area contributed by atoms with Gasteiger partial charge in [-0.15, -0.1) is 0 Å². The van der Waals surface area contributed by atoms with Crippen LogP contribution in [0, 0.1) is 5.92 Å². The lowest BCUT2D eigenvalue weighted by Crippen LogP contribution is -2.48. The summed E-state index contributed by atoms with van der Waals surface area (Å²) in [5.74, 6) is -1.58. The molecule has 0 bridgehead atoms. The summed E-state index contributed by atoms with van der Waals surface area (Å²) >= 11 is 0. The van der Waals surface area contributed by atoms with Gasteiger partial charge in [-0.05, 0) is 12.8 Å². The maximum absolute atomic E-state index is 13.3. The summed E-state index contributed by atoms with van der Waals surface area (Å²) < 4.78 is 36.0. The molecule has 0 saturated carbocycles. The van der Waals surface area contributed by atoms with Crippen LogP contribution in [0.3, 0.4) is 0 Å². The Morgan fingerprint density at radius 2 is 2.29 bits per heavy atom. The Morgan fingerprint density at radius 1 is 1.54 bits per heavy atom. The van der Waals surface area contributed by atoms with Gasteiger partial charge in [0.05, 0.1) is 19.3 Å². The molecule has 0 aromatic carbocycles. The number of aromatic nitrogens is 1. The Labute approximate surface area is 136 Å². The van der Waals surface area contributed by atoms with E-state index in [2.05, 4.69) is 14.6 Å². The Hall–Kier alpha value is -2.49. The molecular formula is C14H17F2N3O5. The third-order valence-electron chi connectivity index (χ3n) is 3.13. The summed E-state index contributed by atoms with van der Waals surface area (Å²) in [4.78, 5) is 32.2. The summed E-state index contributed by atoms with van der Waals surface area (Å²) in [6.45, 7) is 3.36. The molecule has 0 aliphatic carbocycles. The molecule has 0 saturated heterocycles. The van der Waals surface area contributed by atoms with Crippen LogP contribution in [0.1, 0.15) is 19.7 Å². The molecule has 1 aliphatic heterocycles. The lowest BCUT2D eigenvalue weighted by Gasteiger charge is -2.30. The highest BCUT2D eigenvalue weighted by Crippen LogP contribution is 2.23. The minimum atomic E-state index is -4.27. The van der Waals surface area contributed by atoms with Gasteiger partial charge in [0.15, 0.2) is 0 Å². The van der Waals surface area contributed by atoms with E-state index in [-0.39, 0.29) is 25.6 Å². The van der Waals surface area contributed by atoms with Crippen molar-refractivity contribution in [1.82, 2.24) is 15.4 Å². The molecule has 0 spiro atoms. The van der Waals surface area contributed by atoms with Gasteiger partial charge in [0.2, 0.25) is 5.89 Å². The van der Waals surface area contributed by atoms with E-state index in [9.17, 15) is 18.4 Å². The number of nitrogens with one attached hydrogen (secondary N) is 1. The van der Waals surface area contributed by atoms with Crippen molar-refractivity contribution in [2.45, 2.75) is 20.0 Å². The highest BCUT2D eigenvalue weighted by molar-refractivity contribution is 5.78. The molecule has 0 fully saturated rings. The Bertz CT molecular complexity index is 618. The molecule has 24 heavy (non-hydrogen) atoms. The van der Waals surface area contributed by atoms with Crippen LogP contribution in [0.2, 0.25) is 0 Å². The topological polar surface area (TPSA) is 93.9 Å². The number of carbonyl (C=O) groups is 2. The van der Waals surface area contributed by atoms with E-state index in [0.717, 1.165) is 0 Å². The number of amides is 2. The van der Waals surface area contributed by atoms with Crippen LogP contribution in [0.25, 0.3) is 5.57 Å². The average molecular weight is 345 g/mol. The van der Waals surface area contributed by atoms with Gasteiger partial charge in [0, 0.05) is 12.1 Å². The fraction of sp³-hybridized carbons (Fsp3) is 0.500. The van der Waals surface area contributed by atoms with Crippen molar-refractivity contribution in [1.29, 1.82) is 0 Å². The number of oxazole rings is 1. The number of hydroxylamine groups is 1. The van der Waals surface area contributed by atoms with Gasteiger partial charge in [-0.25, -0.2) is 20.1 Å². The normalized spacial score (nSPS) is 18.1. The number of hydrogen-bond acceptors (Lipinski definition) is 6. The third-order valence-corrected chi connectivity index (χ3v) is 3.13. The molecular weight excluding hydrogens is 328 g/mol. The molecule has 1 atom stereocenters. The zero-order chi connectivity index (χ0) is 17.7. The highest BCUT2D eigenvalue weighted by atomic mass is 19.3. The predicted molar refractivity (Wildman–Crippen MR) is 76.4 cm³/mol. The first-order valence-electron chi connectivity index (χ1n) is 7.22. The fourth-order valence-corrected chi connectivity index (χ4v) is 2.17. The lowest BCUT2D eigenvalue weighted by molar-refractivity contribution is -0.266. The Kier molecular flexibility index (Phi) is 5.50. The SMILES string of the molecule is CCOC(=O)C(F)(F)ONC(=O)N1CC(c2ncco2)=C[C@@H](C)C1. The largest absolute Gasteiger partial charge is 0.476 e. The second-order valence-electron chi connectivity index (χ2n) is 5.13. The molecule has 1 aromatic rings. The number of nitrogens with zero attached hydrogens (tertiary/aromatic N) is 2. The second-order valence-corrected chi connectivity index (χ2v) is 5.13. The molecule has 8 nitrogen and oxygen atoms in total. The van der Waals surface area contributed by atoms with Gasteiger partial charge in [0.1, 0.15) is 6.26 Å². The molecule has 0 unspecified atom stereocenters. The third kappa shape index (κ3) is 4.28. The summed E-state index contributed by atoms with van der Waals surface area (Å²) in [6.07, 6.45) is 0.462. The number of esters is 1. The van der Waals surface area contributed by atoms with E-state index >= 15 is 0 Å². The number of alkyl halides is 2. The van der Waals surface area contributed by atoms with Crippen molar-refractivity contribution in [2.24, 2.45) is 5.92 Å². The monoisotopic (exact) mass is 345 g/mol. The van der Waals surface area contributed by atoms with E-state index in [4.69, 9.17) is 4.42 Å². The molecule has 0 radical (unpaired) electrons. The van der Waals surface area contributed by atoms with Gasteiger partial charge in [0.25, 0.3) is 0 Å². The van der Waals surface area contributed by atoms with E-state index in [1.54, 1.807) is 5.48 Å². The van der Waals surface area contributed by atoms with E-state index in [1.165, 1.54) is 24.3 Å². The Morgan fingerprint density at radius 3 is 2.92 bits per heavy atom. The molecule has 2 rings (SSSR count). The smallest absolute Gasteiger partial charge is 0.460 e. The average Bonchev–Trinajstić information content (AvgIpc) is 3.06. The number of hydrogen-bond donors (Lipinski definition) is 1. The van der Waals surface area contributed by atoms with Crippen LogP contribution in [-0.2, 0) is 14.4 Å². The van der Waals surface area contributed by atoms with Crippen LogP contribution in [0.5, 0.6) is 0 Å². The van der Waals surface area contributed by atoms with E-state index in [1.807, 2.05) is 13.0 Å². The number of rotatable bonds is 5. The Balaban J connectivity index is 1.95. The minimum absolute atomic E-state index is 0.0445. The summed E-state index contributed by atoms with van der Waals surface area (Å²) in [6, 6.07) is -0.914. The second kappa shape index (κ2) is 7.39. The van der Waals surface area contributed by atoms with Gasteiger partial charge in [-0.1, -0.05) is 13.0 Å². The minimum Gasteiger partial charge on any atom is -0.460 e. The van der Waals surface area contributed by atoms with Crippen molar-refractivity contribution in [3.05, 3.63) is 24.4 Å². The number of carbonyl (C=O) groups excluding carboxylic acids is 2. The molecule has 10 heteroatoms. The van der Waals surface area contributed by atoms with Gasteiger partial charge < -0.3 is 14.1 Å². The molecule has 2 heterocycles. The van der Waals surface area contributed by atoms with Gasteiger partial charge >= 0.3 is 18.1 Å². The molecule has 132 valence electrons. The van der Waals surface area contributed by atoms with Gasteiger partial charge in [-0.3, -0.25) is 0 Å². The van der Waals surface area contributed by atoms with Crippen LogP contribution in [-0.4, -0.2) is 47.7 Å². The van der Waals surface area contributed by atoms with Crippen LogP contribution in [0.4, 0.5) is 13.6 Å². The van der Waals surface area contributed by atoms with Crippen molar-refractivity contribution >= 4 is 17.6 Å². The van der Waals surface area contributed by atoms with Crippen LogP contribution in [0.15, 0.2) is 23.0 Å². The molecule has 1 aliphatic rings. The van der Waals surface area contributed by atoms with Gasteiger partial charge in [-0.2, -0.15) is 13.6 Å². The molecule has 2 amide bonds. The number of ether oxygens (including phenoxy) is 1. The van der Waals surface area contributed by atoms with Crippen LogP contribution >= 0.6 is 0 Å². The number of urea groups is 1. The van der Waals surface area contributed by atoms with Crippen molar-refractivity contribution in [2.75, 3.05) is 19.7 Å². The van der Waals surface area contributed by atoms with Crippen molar-refractivity contribution in [3.8, 4) is 0 Å². The zero-order valence-corrected chi connectivity index (χ0v) is 13.1. The van der Waals surface area contributed by atoms with E-state index < -0.39 is 18.1 Å². The van der Waals surface area contributed by atoms with Crippen molar-refractivity contribution in [3.63, 3.8) is 0 Å². The molecule has 1 aromatic heterocycles. The maximum Gasteiger partial charge on any atom is 0.476 e. The zero-order valence-electron chi connectivity index (χ0n) is 13.1. The summed E-state index contributed by atoms with van der Waals surface area (Å²) in [7, 11) is 0. The van der Waals surface area contributed by atoms with E-state index in [0.29, 0.717) is 11.5 Å². The van der Waals surface area contributed by atoms with Crippen LogP contribution < -0.4 is 5.48 Å². The first kappa shape index (κ1) is 17.9. The highest BCUT2D eigenvalue weighted by Gasteiger charge is 2.44. The summed E-state index contributed by atoms with van der Waals surface area (Å²) in [5.41, 5.74) is 2.22. The number of halogens is 2. The predicted octanol–water partition coefficient (Wildman–Crippen LogP) is 1.81. The lowest BCUT2D eigenvalue weighted by atomic mass is 10.0. The fourth-order valence-electron chi connectivity index (χ4n) is 2.17. The van der Waals surface area contributed by atoms with Crippen molar-refractivity contribution < 1.29 is 32.4 Å². The summed E-state index contributed by atoms with van der Waals surface area (Å²) in [5, 5.41) is 0. The maximum atomic E-state index is 13.3. The standard InChI is InChI=1S/C14H17F2N3O5/c1-3-22-12(20)14(15,16)24-18-13(21)19-7-9(2)6-10(8-19)11-17-4-5-23-11/h4-6,9H,3,7-8H2,1-2H3,(H,18,21)/t9-/m1/s1. The first-order chi connectivity index (χ1) is 11.3. The first-order valence-corrected chi connectivity index (χ1v) is 7.22. The molecule has 1 N–H and O–H groups in total. The quantitative estimate of drug-likeness (QED) is 0.646.